The normalized spacial score (nSPS) is 20.6. The van der Waals surface area contributed by atoms with Crippen molar-refractivity contribution in [3.05, 3.63) is 41.6 Å². The molecule has 0 aromatic heterocycles. The van der Waals surface area contributed by atoms with Gasteiger partial charge >= 0.3 is 6.36 Å². The van der Waals surface area contributed by atoms with Gasteiger partial charge in [-0.3, -0.25) is 4.74 Å². The van der Waals surface area contributed by atoms with E-state index in [2.05, 4.69) is 10.8 Å². The first-order valence-corrected chi connectivity index (χ1v) is 7.52. The molecule has 0 spiro atoms. The summed E-state index contributed by atoms with van der Waals surface area (Å²) in [6.45, 7) is 0.668. The minimum atomic E-state index is -4.61. The number of hydrazine groups is 1. The third-order valence-electron chi connectivity index (χ3n) is 3.97. The lowest BCUT2D eigenvalue weighted by atomic mass is 10.0. The predicted molar refractivity (Wildman–Crippen MR) is 78.7 cm³/mol. The number of hydrogen-bond acceptors (Lipinski definition) is 5. The lowest BCUT2D eigenvalue weighted by Crippen LogP contribution is -2.48. The van der Waals surface area contributed by atoms with E-state index in [9.17, 15) is 13.2 Å². The van der Waals surface area contributed by atoms with E-state index >= 15 is 0 Å². The Labute approximate surface area is 137 Å². The van der Waals surface area contributed by atoms with Crippen LogP contribution in [-0.4, -0.2) is 48.7 Å². The van der Waals surface area contributed by atoms with Crippen molar-refractivity contribution < 1.29 is 22.6 Å². The number of halogens is 3. The molecule has 0 fully saturated rings. The van der Waals surface area contributed by atoms with Crippen LogP contribution in [0.3, 0.4) is 0 Å². The fraction of sp³-hybridized carbons (Fsp3) is 0.438. The van der Waals surface area contributed by atoms with Crippen molar-refractivity contribution >= 4 is 0 Å². The van der Waals surface area contributed by atoms with Gasteiger partial charge in [0.1, 0.15) is 12.4 Å². The highest BCUT2D eigenvalue weighted by Gasteiger charge is 2.32. The Hall–Kier alpha value is -2.24. The molecule has 3 rings (SSSR count). The molecule has 8 heteroatoms. The minimum absolute atomic E-state index is 0.0314. The summed E-state index contributed by atoms with van der Waals surface area (Å²) in [7, 11) is 0. The van der Waals surface area contributed by atoms with Gasteiger partial charge in [-0.15, -0.1) is 13.2 Å². The number of nitriles is 1. The number of alkyl halides is 3. The Kier molecular flexibility index (Phi) is 4.64. The fourth-order valence-electron chi connectivity index (χ4n) is 2.91. The van der Waals surface area contributed by atoms with Gasteiger partial charge in [-0.25, -0.2) is 5.01 Å². The molecule has 0 bridgehead atoms. The lowest BCUT2D eigenvalue weighted by Gasteiger charge is -2.38. The van der Waals surface area contributed by atoms with Crippen molar-refractivity contribution in [1.82, 2.24) is 10.0 Å². The summed E-state index contributed by atoms with van der Waals surface area (Å²) in [6.07, 6.45) is -0.222. The monoisotopic (exact) mass is 339 g/mol. The maximum atomic E-state index is 12.1. The van der Waals surface area contributed by atoms with Gasteiger partial charge in [-0.2, -0.15) is 5.26 Å². The summed E-state index contributed by atoms with van der Waals surface area (Å²) in [5.41, 5.74) is 1.49. The quantitative estimate of drug-likeness (QED) is 0.843. The van der Waals surface area contributed by atoms with E-state index < -0.39 is 13.0 Å². The summed E-state index contributed by atoms with van der Waals surface area (Å²) in [6, 6.07) is 7.33. The van der Waals surface area contributed by atoms with Crippen molar-refractivity contribution in [1.29, 1.82) is 5.26 Å². The highest BCUT2D eigenvalue weighted by molar-refractivity contribution is 5.43. The molecular formula is C16H16F3N3O2. The number of nitrogens with zero attached hydrogens (tertiary/aromatic N) is 3. The first-order valence-electron chi connectivity index (χ1n) is 7.52. The molecule has 128 valence electrons. The summed E-state index contributed by atoms with van der Waals surface area (Å²) in [5.74, 6) is 0.750. The minimum Gasteiger partial charge on any atom is -0.491 e. The lowest BCUT2D eigenvalue weighted by molar-refractivity contribution is -0.326. The van der Waals surface area contributed by atoms with Crippen LogP contribution >= 0.6 is 0 Å². The molecule has 2 heterocycles. The van der Waals surface area contributed by atoms with Crippen LogP contribution < -0.4 is 4.74 Å². The van der Waals surface area contributed by atoms with Gasteiger partial charge in [-0.05, 0) is 23.8 Å². The molecule has 0 saturated heterocycles. The average Bonchev–Trinajstić information content (AvgIpc) is 3.01. The first kappa shape index (κ1) is 16.6. The average molecular weight is 339 g/mol. The Balaban J connectivity index is 1.63. The first-order chi connectivity index (χ1) is 11.5. The summed E-state index contributed by atoms with van der Waals surface area (Å²) in [4.78, 5) is 0. The van der Waals surface area contributed by atoms with Crippen LogP contribution in [0, 0.1) is 11.3 Å². The molecule has 1 aromatic rings. The van der Waals surface area contributed by atoms with Crippen LogP contribution in [0.4, 0.5) is 13.2 Å². The largest absolute Gasteiger partial charge is 0.522 e. The van der Waals surface area contributed by atoms with Crippen LogP contribution in [0.2, 0.25) is 0 Å². The van der Waals surface area contributed by atoms with Crippen LogP contribution in [0.15, 0.2) is 30.5 Å². The predicted octanol–water partition coefficient (Wildman–Crippen LogP) is 2.44. The maximum Gasteiger partial charge on any atom is 0.522 e. The SMILES string of the molecule is N#Cc1ccc2c(c1)CC(N1C=CCN1CCOC(F)(F)F)CO2. The number of fused-ring (bicyclic) bond motifs is 1. The number of hydrogen-bond donors (Lipinski definition) is 0. The van der Waals surface area contributed by atoms with Crippen LogP contribution in [0.5, 0.6) is 5.75 Å². The molecule has 5 nitrogen and oxygen atoms in total. The molecule has 0 amide bonds. The molecule has 0 radical (unpaired) electrons. The molecular weight excluding hydrogens is 323 g/mol. The van der Waals surface area contributed by atoms with Gasteiger partial charge in [0.05, 0.1) is 24.3 Å². The zero-order valence-corrected chi connectivity index (χ0v) is 12.8. The molecule has 0 aliphatic carbocycles. The van der Waals surface area contributed by atoms with E-state index in [0.29, 0.717) is 25.1 Å². The van der Waals surface area contributed by atoms with Gasteiger partial charge in [0, 0.05) is 25.7 Å². The molecule has 0 saturated carbocycles. The fourth-order valence-corrected chi connectivity index (χ4v) is 2.91. The summed E-state index contributed by atoms with van der Waals surface area (Å²) < 4.78 is 45.9. The standard InChI is InChI=1S/C16H16F3N3O2/c17-16(18,19)24-7-6-21-4-1-5-22(21)14-9-13-8-12(10-20)2-3-15(13)23-11-14/h1-3,5,8,14H,4,6-7,9,11H2. The maximum absolute atomic E-state index is 12.1. The topological polar surface area (TPSA) is 48.7 Å². The van der Waals surface area contributed by atoms with E-state index in [4.69, 9.17) is 10.00 Å². The van der Waals surface area contributed by atoms with E-state index in [-0.39, 0.29) is 12.6 Å². The second kappa shape index (κ2) is 6.71. The van der Waals surface area contributed by atoms with Gasteiger partial charge in [0.2, 0.25) is 0 Å². The zero-order valence-electron chi connectivity index (χ0n) is 12.8. The van der Waals surface area contributed by atoms with Crippen molar-refractivity contribution in [3.8, 4) is 11.8 Å². The van der Waals surface area contributed by atoms with Crippen LogP contribution in [-0.2, 0) is 11.2 Å². The van der Waals surface area contributed by atoms with Crippen molar-refractivity contribution in [2.24, 2.45) is 0 Å². The Morgan fingerprint density at radius 2 is 2.21 bits per heavy atom. The molecule has 1 atom stereocenters. The summed E-state index contributed by atoms with van der Waals surface area (Å²) >= 11 is 0. The van der Waals surface area contributed by atoms with Gasteiger partial charge in [-0.1, -0.05) is 6.08 Å². The molecule has 1 aromatic carbocycles. The highest BCUT2D eigenvalue weighted by atomic mass is 19.4. The van der Waals surface area contributed by atoms with E-state index in [1.54, 1.807) is 23.2 Å². The van der Waals surface area contributed by atoms with E-state index in [1.165, 1.54) is 0 Å². The van der Waals surface area contributed by atoms with Gasteiger partial charge in [0.15, 0.2) is 0 Å². The highest BCUT2D eigenvalue weighted by Crippen LogP contribution is 2.29. The summed E-state index contributed by atoms with van der Waals surface area (Å²) in [5, 5.41) is 12.7. The number of ether oxygens (including phenoxy) is 2. The Morgan fingerprint density at radius 3 is 2.96 bits per heavy atom. The zero-order chi connectivity index (χ0) is 17.2. The molecule has 2 aliphatic rings. The Bertz CT molecular complexity index is 670. The van der Waals surface area contributed by atoms with Gasteiger partial charge in [0.25, 0.3) is 0 Å². The number of rotatable bonds is 4. The van der Waals surface area contributed by atoms with Crippen LogP contribution in [0.25, 0.3) is 0 Å². The van der Waals surface area contributed by atoms with Crippen molar-refractivity contribution in [2.45, 2.75) is 18.8 Å². The third kappa shape index (κ3) is 3.80. The molecule has 0 N–H and O–H groups in total. The molecule has 1 unspecified atom stereocenters. The molecule has 24 heavy (non-hydrogen) atoms. The second-order valence-electron chi connectivity index (χ2n) is 5.57. The smallest absolute Gasteiger partial charge is 0.491 e. The third-order valence-corrected chi connectivity index (χ3v) is 3.97. The van der Waals surface area contributed by atoms with E-state index in [1.807, 2.05) is 17.3 Å². The second-order valence-corrected chi connectivity index (χ2v) is 5.57. The number of benzene rings is 1. The van der Waals surface area contributed by atoms with Crippen molar-refractivity contribution in [3.63, 3.8) is 0 Å². The Morgan fingerprint density at radius 1 is 1.38 bits per heavy atom. The van der Waals surface area contributed by atoms with Crippen LogP contribution in [0.1, 0.15) is 11.1 Å². The van der Waals surface area contributed by atoms with Crippen molar-refractivity contribution in [2.75, 3.05) is 26.3 Å². The van der Waals surface area contributed by atoms with E-state index in [0.717, 1.165) is 11.3 Å². The molecule has 2 aliphatic heterocycles. The van der Waals surface area contributed by atoms with Gasteiger partial charge < -0.3 is 9.75 Å².